The van der Waals surface area contributed by atoms with Crippen LogP contribution in [0.1, 0.15) is 41.2 Å². The van der Waals surface area contributed by atoms with E-state index in [1.807, 2.05) is 18.2 Å². The van der Waals surface area contributed by atoms with Gasteiger partial charge in [0.25, 0.3) is 0 Å². The van der Waals surface area contributed by atoms with Crippen molar-refractivity contribution < 1.29 is 46.8 Å². The number of benzene rings is 3. The fourth-order valence-corrected chi connectivity index (χ4v) is 4.73. The fourth-order valence-electron chi connectivity index (χ4n) is 4.42. The van der Waals surface area contributed by atoms with Crippen LogP contribution in [-0.2, 0) is 45.2 Å². The molecule has 1 amide bonds. The number of hydrogen-bond acceptors (Lipinski definition) is 6. The van der Waals surface area contributed by atoms with Crippen molar-refractivity contribution in [3.63, 3.8) is 0 Å². The van der Waals surface area contributed by atoms with Gasteiger partial charge < -0.3 is 29.0 Å². The third-order valence-electron chi connectivity index (χ3n) is 6.67. The standard InChI is InChI=1S/C33H36Cl2F3NO7/c1-2-44-30(31(40)41)19-23-4-8-28(9-5-23)45-15-13-39(32(42)46-29-10-6-27(7-11-29)33(36,37)38)12-3-14-43-22-26-17-24(20-34)16-25(18-26)21-35/h4-11,16-18,30H,2-3,12-15,19-22H2,1H3,(H,40,41). The Bertz CT molecular complexity index is 1370. The molecule has 46 heavy (non-hydrogen) atoms. The van der Waals surface area contributed by atoms with Crippen molar-refractivity contribution >= 4 is 35.3 Å². The monoisotopic (exact) mass is 685 g/mol. The number of carboxylic acids is 1. The molecule has 8 nitrogen and oxygen atoms in total. The summed E-state index contributed by atoms with van der Waals surface area (Å²) in [4.78, 5) is 25.8. The SMILES string of the molecule is CCOC(Cc1ccc(OCCN(CCCOCc2cc(CCl)cc(CCl)c2)C(=O)Oc2ccc(C(F)(F)F)cc2)cc1)C(=O)O. The molecule has 0 spiro atoms. The van der Waals surface area contributed by atoms with Crippen molar-refractivity contribution in [1.29, 1.82) is 0 Å². The van der Waals surface area contributed by atoms with Crippen LogP contribution in [-0.4, -0.2) is 61.1 Å². The van der Waals surface area contributed by atoms with Crippen LogP contribution < -0.4 is 9.47 Å². The smallest absolute Gasteiger partial charge is 0.416 e. The number of ether oxygens (including phenoxy) is 4. The summed E-state index contributed by atoms with van der Waals surface area (Å²) in [7, 11) is 0. The zero-order chi connectivity index (χ0) is 33.5. The Kier molecular flexibility index (Phi) is 14.9. The van der Waals surface area contributed by atoms with Crippen molar-refractivity contribution in [3.8, 4) is 11.5 Å². The Morgan fingerprint density at radius 1 is 0.848 bits per heavy atom. The molecule has 0 aliphatic heterocycles. The van der Waals surface area contributed by atoms with Gasteiger partial charge in [0.1, 0.15) is 18.1 Å². The first-order valence-corrected chi connectivity index (χ1v) is 15.6. The number of carbonyl (C=O) groups excluding carboxylic acids is 1. The van der Waals surface area contributed by atoms with E-state index in [9.17, 15) is 27.9 Å². The lowest BCUT2D eigenvalue weighted by Gasteiger charge is -2.22. The van der Waals surface area contributed by atoms with Crippen molar-refractivity contribution in [3.05, 3.63) is 94.5 Å². The number of alkyl halides is 5. The predicted octanol–water partition coefficient (Wildman–Crippen LogP) is 7.70. The normalized spacial score (nSPS) is 12.0. The van der Waals surface area contributed by atoms with Gasteiger partial charge in [0, 0.05) is 37.9 Å². The minimum Gasteiger partial charge on any atom is -0.492 e. The summed E-state index contributed by atoms with van der Waals surface area (Å²) in [5, 5.41) is 9.30. The highest BCUT2D eigenvalue weighted by Crippen LogP contribution is 2.30. The highest BCUT2D eigenvalue weighted by atomic mass is 35.5. The quantitative estimate of drug-likeness (QED) is 0.108. The molecule has 0 heterocycles. The van der Waals surface area contributed by atoms with Crippen molar-refractivity contribution in [2.24, 2.45) is 0 Å². The van der Waals surface area contributed by atoms with Gasteiger partial charge in [0.2, 0.25) is 0 Å². The summed E-state index contributed by atoms with van der Waals surface area (Å²) < 4.78 is 61.0. The van der Waals surface area contributed by atoms with Gasteiger partial charge in [0.05, 0.1) is 18.7 Å². The average Bonchev–Trinajstić information content (AvgIpc) is 3.03. The molecule has 3 aromatic carbocycles. The first-order chi connectivity index (χ1) is 22.0. The van der Waals surface area contributed by atoms with Crippen molar-refractivity contribution in [2.75, 3.05) is 32.9 Å². The van der Waals surface area contributed by atoms with Crippen LogP contribution >= 0.6 is 23.2 Å². The first kappa shape index (κ1) is 37.0. The molecule has 1 atom stereocenters. The number of rotatable bonds is 18. The van der Waals surface area contributed by atoms with Crippen LogP contribution in [0.5, 0.6) is 11.5 Å². The second-order valence-electron chi connectivity index (χ2n) is 10.2. The highest BCUT2D eigenvalue weighted by Gasteiger charge is 2.30. The molecule has 0 aliphatic carbocycles. The van der Waals surface area contributed by atoms with Gasteiger partial charge in [-0.25, -0.2) is 9.59 Å². The lowest BCUT2D eigenvalue weighted by molar-refractivity contribution is -0.150. The van der Waals surface area contributed by atoms with E-state index in [0.29, 0.717) is 37.1 Å². The molecule has 0 bridgehead atoms. The van der Waals surface area contributed by atoms with Gasteiger partial charge in [-0.05, 0) is 72.0 Å². The van der Waals surface area contributed by atoms with Gasteiger partial charge in [-0.15, -0.1) is 23.2 Å². The van der Waals surface area contributed by atoms with Crippen LogP contribution in [0.2, 0.25) is 0 Å². The lowest BCUT2D eigenvalue weighted by atomic mass is 10.1. The maximum absolute atomic E-state index is 13.0. The number of carbonyl (C=O) groups is 2. The summed E-state index contributed by atoms with van der Waals surface area (Å²) in [6, 6.07) is 16.5. The van der Waals surface area contributed by atoms with E-state index in [-0.39, 0.29) is 38.5 Å². The maximum Gasteiger partial charge on any atom is 0.416 e. The minimum atomic E-state index is -4.51. The minimum absolute atomic E-state index is 0.0308. The molecule has 250 valence electrons. The molecule has 1 unspecified atom stereocenters. The van der Waals surface area contributed by atoms with Crippen LogP contribution in [0.15, 0.2) is 66.7 Å². The number of amides is 1. The predicted molar refractivity (Wildman–Crippen MR) is 168 cm³/mol. The van der Waals surface area contributed by atoms with E-state index >= 15 is 0 Å². The van der Waals surface area contributed by atoms with Crippen LogP contribution in [0, 0.1) is 0 Å². The zero-order valence-corrected chi connectivity index (χ0v) is 26.7. The average molecular weight is 687 g/mol. The van der Waals surface area contributed by atoms with Crippen LogP contribution in [0.3, 0.4) is 0 Å². The molecule has 3 aromatic rings. The van der Waals surface area contributed by atoms with Crippen molar-refractivity contribution in [1.82, 2.24) is 4.90 Å². The van der Waals surface area contributed by atoms with Gasteiger partial charge in [-0.2, -0.15) is 13.2 Å². The van der Waals surface area contributed by atoms with Gasteiger partial charge in [0.15, 0.2) is 6.10 Å². The van der Waals surface area contributed by atoms with E-state index in [0.717, 1.165) is 46.5 Å². The third kappa shape index (κ3) is 12.4. The molecule has 0 aromatic heterocycles. The summed E-state index contributed by atoms with van der Waals surface area (Å²) >= 11 is 11.9. The van der Waals surface area contributed by atoms with Crippen LogP contribution in [0.25, 0.3) is 0 Å². The second-order valence-corrected chi connectivity index (χ2v) is 10.7. The lowest BCUT2D eigenvalue weighted by Crippen LogP contribution is -2.38. The third-order valence-corrected chi connectivity index (χ3v) is 7.29. The molecule has 0 radical (unpaired) electrons. The number of halogens is 5. The van der Waals surface area contributed by atoms with Gasteiger partial charge in [-0.1, -0.05) is 30.3 Å². The Labute approximate surface area is 275 Å². The molecule has 0 saturated heterocycles. The van der Waals surface area contributed by atoms with E-state index in [1.165, 1.54) is 4.90 Å². The molecule has 1 N–H and O–H groups in total. The topological polar surface area (TPSA) is 94.5 Å². The number of nitrogens with zero attached hydrogens (tertiary/aromatic N) is 1. The van der Waals surface area contributed by atoms with Crippen LogP contribution in [0.4, 0.5) is 18.0 Å². The Morgan fingerprint density at radius 2 is 1.46 bits per heavy atom. The number of hydrogen-bond donors (Lipinski definition) is 1. The summed E-state index contributed by atoms with van der Waals surface area (Å²) in [6.07, 6.45) is -5.58. The molecule has 0 fully saturated rings. The molecule has 0 aliphatic rings. The zero-order valence-electron chi connectivity index (χ0n) is 25.2. The number of carboxylic acid groups (broad SMARTS) is 1. The largest absolute Gasteiger partial charge is 0.492 e. The van der Waals surface area contributed by atoms with Gasteiger partial charge >= 0.3 is 18.2 Å². The molecule has 3 rings (SSSR count). The summed E-state index contributed by atoms with van der Waals surface area (Å²) in [5.74, 6) is 0.119. The van der Waals surface area contributed by atoms with Gasteiger partial charge in [-0.3, -0.25) is 0 Å². The first-order valence-electron chi connectivity index (χ1n) is 14.5. The van der Waals surface area contributed by atoms with E-state index in [2.05, 4.69) is 0 Å². The summed E-state index contributed by atoms with van der Waals surface area (Å²) in [6.45, 7) is 3.07. The molecular weight excluding hydrogens is 650 g/mol. The molecule has 0 saturated carbocycles. The Balaban J connectivity index is 1.58. The van der Waals surface area contributed by atoms with E-state index in [1.54, 1.807) is 31.2 Å². The van der Waals surface area contributed by atoms with Crippen molar-refractivity contribution in [2.45, 2.75) is 50.4 Å². The fraction of sp³-hybridized carbons (Fsp3) is 0.394. The highest BCUT2D eigenvalue weighted by molar-refractivity contribution is 6.17. The maximum atomic E-state index is 13.0. The van der Waals surface area contributed by atoms with E-state index < -0.39 is 29.9 Å². The molecule has 13 heteroatoms. The molecular formula is C33H36Cl2F3NO7. The Hall–Kier alpha value is -3.51. The Morgan fingerprint density at radius 3 is 2.02 bits per heavy atom. The van der Waals surface area contributed by atoms with E-state index in [4.69, 9.17) is 42.1 Å². The summed E-state index contributed by atoms with van der Waals surface area (Å²) in [5.41, 5.74) is 2.68. The second kappa shape index (κ2) is 18.6. The number of aliphatic carboxylic acids is 1.